The molecule has 30 heavy (non-hydrogen) atoms. The SMILES string of the molecule is CCc1ccc(Oc2ccc(Cl)cc2F)cc1C1=C(O)CC2(CCOCC2)CC1=O. The molecule has 2 aromatic carbocycles. The standard InChI is InChI=1S/C24H24ClFO4/c1-2-15-3-5-17(30-22-6-4-16(25)11-19(22)26)12-18(15)23-20(27)13-24(14-21(23)28)7-9-29-10-8-24/h3-6,11-12,27H,2,7-10,13-14H2,1H3. The second-order valence-corrected chi connectivity index (χ2v) is 8.50. The van der Waals surface area contributed by atoms with Crippen molar-refractivity contribution in [3.8, 4) is 11.5 Å². The first-order chi connectivity index (χ1) is 14.4. The largest absolute Gasteiger partial charge is 0.512 e. The smallest absolute Gasteiger partial charge is 0.167 e. The molecule has 1 fully saturated rings. The molecule has 2 aromatic rings. The van der Waals surface area contributed by atoms with Gasteiger partial charge in [0, 0.05) is 31.1 Å². The highest BCUT2D eigenvalue weighted by atomic mass is 35.5. The number of rotatable bonds is 4. The zero-order valence-electron chi connectivity index (χ0n) is 16.8. The topological polar surface area (TPSA) is 55.8 Å². The summed E-state index contributed by atoms with van der Waals surface area (Å²) >= 11 is 5.81. The van der Waals surface area contributed by atoms with E-state index in [1.54, 1.807) is 18.2 Å². The van der Waals surface area contributed by atoms with Gasteiger partial charge < -0.3 is 14.6 Å². The number of ketones is 1. The van der Waals surface area contributed by atoms with Crippen molar-refractivity contribution in [3.63, 3.8) is 0 Å². The van der Waals surface area contributed by atoms with Crippen LogP contribution in [-0.4, -0.2) is 24.1 Å². The molecule has 0 unspecified atom stereocenters. The number of carbonyl (C=O) groups is 1. The minimum Gasteiger partial charge on any atom is -0.512 e. The molecule has 0 saturated carbocycles. The Hall–Kier alpha value is -2.37. The summed E-state index contributed by atoms with van der Waals surface area (Å²) in [4.78, 5) is 13.1. The molecule has 0 bridgehead atoms. The van der Waals surface area contributed by atoms with E-state index < -0.39 is 5.82 Å². The molecule has 1 spiro atoms. The Labute approximate surface area is 180 Å². The molecule has 4 rings (SSSR count). The number of allylic oxidation sites excluding steroid dienone is 2. The average molecular weight is 431 g/mol. The molecule has 0 atom stereocenters. The number of Topliss-reactive ketones (excluding diaryl/α,β-unsaturated/α-hetero) is 1. The van der Waals surface area contributed by atoms with Crippen molar-refractivity contribution < 1.29 is 23.8 Å². The van der Waals surface area contributed by atoms with Gasteiger partial charge in [0.05, 0.1) is 5.57 Å². The van der Waals surface area contributed by atoms with Gasteiger partial charge in [0.25, 0.3) is 0 Å². The third-order valence-electron chi connectivity index (χ3n) is 6.05. The number of benzene rings is 2. The predicted molar refractivity (Wildman–Crippen MR) is 114 cm³/mol. The van der Waals surface area contributed by atoms with E-state index in [4.69, 9.17) is 21.1 Å². The zero-order chi connectivity index (χ0) is 21.3. The highest BCUT2D eigenvalue weighted by Gasteiger charge is 2.41. The second kappa shape index (κ2) is 8.40. The third kappa shape index (κ3) is 4.09. The molecular weight excluding hydrogens is 407 g/mol. The van der Waals surface area contributed by atoms with Crippen molar-refractivity contribution in [1.29, 1.82) is 0 Å². The first kappa shape index (κ1) is 20.9. The van der Waals surface area contributed by atoms with Crippen LogP contribution >= 0.6 is 11.6 Å². The van der Waals surface area contributed by atoms with Crippen molar-refractivity contribution in [2.45, 2.75) is 39.0 Å². The lowest BCUT2D eigenvalue weighted by Crippen LogP contribution is -2.36. The monoisotopic (exact) mass is 430 g/mol. The number of halogens is 2. The summed E-state index contributed by atoms with van der Waals surface area (Å²) in [6.45, 7) is 3.22. The fourth-order valence-electron chi connectivity index (χ4n) is 4.40. The van der Waals surface area contributed by atoms with Crippen LogP contribution in [0.25, 0.3) is 5.57 Å². The molecule has 6 heteroatoms. The van der Waals surface area contributed by atoms with Gasteiger partial charge in [-0.15, -0.1) is 0 Å². The normalized spacial score (nSPS) is 18.7. The maximum absolute atomic E-state index is 14.1. The molecule has 2 aliphatic rings. The fraction of sp³-hybridized carbons (Fsp3) is 0.375. The summed E-state index contributed by atoms with van der Waals surface area (Å²) in [5.41, 5.74) is 1.71. The summed E-state index contributed by atoms with van der Waals surface area (Å²) in [6, 6.07) is 9.49. The van der Waals surface area contributed by atoms with E-state index in [9.17, 15) is 14.3 Å². The van der Waals surface area contributed by atoms with Gasteiger partial charge in [0.15, 0.2) is 17.3 Å². The fourth-order valence-corrected chi connectivity index (χ4v) is 4.56. The summed E-state index contributed by atoms with van der Waals surface area (Å²) in [5, 5.41) is 11.2. The lowest BCUT2D eigenvalue weighted by molar-refractivity contribution is -0.118. The van der Waals surface area contributed by atoms with E-state index in [0.29, 0.717) is 49.4 Å². The Morgan fingerprint density at radius 1 is 1.17 bits per heavy atom. The minimum atomic E-state index is -0.569. The van der Waals surface area contributed by atoms with Gasteiger partial charge in [-0.25, -0.2) is 4.39 Å². The van der Waals surface area contributed by atoms with E-state index in [1.807, 2.05) is 13.0 Å². The highest BCUT2D eigenvalue weighted by molar-refractivity contribution is 6.30. The molecule has 0 aromatic heterocycles. The van der Waals surface area contributed by atoms with E-state index in [0.717, 1.165) is 18.4 Å². The molecule has 1 heterocycles. The Kier molecular flexibility index (Phi) is 5.85. The van der Waals surface area contributed by atoms with Gasteiger partial charge in [-0.1, -0.05) is 24.6 Å². The number of ether oxygens (including phenoxy) is 2. The number of hydrogen-bond acceptors (Lipinski definition) is 4. The summed E-state index contributed by atoms with van der Waals surface area (Å²) < 4.78 is 25.3. The van der Waals surface area contributed by atoms with E-state index in [2.05, 4.69) is 0 Å². The highest BCUT2D eigenvalue weighted by Crippen LogP contribution is 2.47. The molecular formula is C24H24ClFO4. The van der Waals surface area contributed by atoms with Gasteiger partial charge in [0.2, 0.25) is 0 Å². The number of carbonyl (C=O) groups excluding carboxylic acids is 1. The Morgan fingerprint density at radius 3 is 2.60 bits per heavy atom. The van der Waals surface area contributed by atoms with Crippen LogP contribution in [0.1, 0.15) is 43.7 Å². The molecule has 1 aliphatic carbocycles. The zero-order valence-corrected chi connectivity index (χ0v) is 17.6. The van der Waals surface area contributed by atoms with E-state index in [-0.39, 0.29) is 27.7 Å². The summed E-state index contributed by atoms with van der Waals surface area (Å²) in [5.74, 6) is -0.0736. The molecule has 1 saturated heterocycles. The van der Waals surface area contributed by atoms with Crippen LogP contribution in [0.4, 0.5) is 4.39 Å². The first-order valence-corrected chi connectivity index (χ1v) is 10.6. The van der Waals surface area contributed by atoms with Gasteiger partial charge >= 0.3 is 0 Å². The number of aryl methyl sites for hydroxylation is 1. The van der Waals surface area contributed by atoms with Crippen LogP contribution in [0.3, 0.4) is 0 Å². The number of hydrogen-bond donors (Lipinski definition) is 1. The Bertz CT molecular complexity index is 1010. The molecule has 1 N–H and O–H groups in total. The summed E-state index contributed by atoms with van der Waals surface area (Å²) in [6.07, 6.45) is 3.10. The summed E-state index contributed by atoms with van der Waals surface area (Å²) in [7, 11) is 0. The minimum absolute atomic E-state index is 0.0453. The lowest BCUT2D eigenvalue weighted by atomic mass is 9.67. The van der Waals surface area contributed by atoms with Crippen LogP contribution in [0, 0.1) is 11.2 Å². The lowest BCUT2D eigenvalue weighted by Gasteiger charge is -2.39. The second-order valence-electron chi connectivity index (χ2n) is 8.06. The van der Waals surface area contributed by atoms with Crippen LogP contribution in [0.5, 0.6) is 11.5 Å². The van der Waals surface area contributed by atoms with Gasteiger partial charge in [-0.05, 0) is 66.1 Å². The molecule has 0 radical (unpaired) electrons. The maximum atomic E-state index is 14.1. The molecule has 1 aliphatic heterocycles. The van der Waals surface area contributed by atoms with E-state index in [1.165, 1.54) is 12.1 Å². The Morgan fingerprint density at radius 2 is 1.93 bits per heavy atom. The Balaban J connectivity index is 1.69. The van der Waals surface area contributed by atoms with Gasteiger partial charge in [0.1, 0.15) is 11.5 Å². The molecule has 0 amide bonds. The van der Waals surface area contributed by atoms with Crippen molar-refractivity contribution in [2.24, 2.45) is 5.41 Å². The van der Waals surface area contributed by atoms with Crippen molar-refractivity contribution in [2.75, 3.05) is 13.2 Å². The maximum Gasteiger partial charge on any atom is 0.167 e. The van der Waals surface area contributed by atoms with Crippen molar-refractivity contribution in [1.82, 2.24) is 0 Å². The average Bonchev–Trinajstić information content (AvgIpc) is 2.70. The van der Waals surface area contributed by atoms with Crippen LogP contribution in [0.2, 0.25) is 5.02 Å². The van der Waals surface area contributed by atoms with Crippen molar-refractivity contribution in [3.05, 3.63) is 64.1 Å². The van der Waals surface area contributed by atoms with Crippen LogP contribution in [0.15, 0.2) is 42.2 Å². The van der Waals surface area contributed by atoms with Crippen LogP contribution < -0.4 is 4.74 Å². The number of aliphatic hydroxyl groups is 1. The van der Waals surface area contributed by atoms with Gasteiger partial charge in [-0.2, -0.15) is 0 Å². The predicted octanol–water partition coefficient (Wildman–Crippen LogP) is 6.26. The third-order valence-corrected chi connectivity index (χ3v) is 6.29. The number of aliphatic hydroxyl groups excluding tert-OH is 1. The van der Waals surface area contributed by atoms with E-state index >= 15 is 0 Å². The molecule has 4 nitrogen and oxygen atoms in total. The molecule has 158 valence electrons. The first-order valence-electron chi connectivity index (χ1n) is 10.2. The van der Waals surface area contributed by atoms with Gasteiger partial charge in [-0.3, -0.25) is 4.79 Å². The quantitative estimate of drug-likeness (QED) is 0.621. The van der Waals surface area contributed by atoms with Crippen molar-refractivity contribution >= 4 is 23.0 Å². The van der Waals surface area contributed by atoms with Crippen LogP contribution in [-0.2, 0) is 16.0 Å².